The van der Waals surface area contributed by atoms with Gasteiger partial charge < -0.3 is 10.3 Å². The van der Waals surface area contributed by atoms with Crippen LogP contribution in [-0.2, 0) is 16.6 Å². The van der Waals surface area contributed by atoms with Gasteiger partial charge in [0.1, 0.15) is 5.82 Å². The number of nitrogens with two attached hydrogens (primary N) is 1. The number of aromatic nitrogens is 2. The van der Waals surface area contributed by atoms with Gasteiger partial charge >= 0.3 is 0 Å². The minimum Gasteiger partial charge on any atom is -0.387 e. The third-order valence-electron chi connectivity index (χ3n) is 3.15. The molecule has 0 spiro atoms. The van der Waals surface area contributed by atoms with Crippen LogP contribution in [0.2, 0.25) is 0 Å². The van der Waals surface area contributed by atoms with Gasteiger partial charge in [-0.2, -0.15) is 4.31 Å². The summed E-state index contributed by atoms with van der Waals surface area (Å²) in [7, 11) is -2.16. The molecule has 114 valence electrons. The monoisotopic (exact) mass is 301 g/mol. The fourth-order valence-corrected chi connectivity index (χ4v) is 3.06. The number of aryl methyl sites for hydroxylation is 2. The second kappa shape index (κ2) is 6.36. The molecule has 8 heteroatoms. The molecule has 0 aliphatic carbocycles. The van der Waals surface area contributed by atoms with Gasteiger partial charge in [0.25, 0.3) is 10.0 Å². The van der Waals surface area contributed by atoms with Crippen LogP contribution in [0.4, 0.5) is 0 Å². The van der Waals surface area contributed by atoms with E-state index in [0.29, 0.717) is 5.82 Å². The average molecular weight is 301 g/mol. The minimum absolute atomic E-state index is 0.0280. The van der Waals surface area contributed by atoms with Gasteiger partial charge in [-0.25, -0.2) is 13.4 Å². The first-order chi connectivity index (χ1) is 9.20. The molecule has 0 amide bonds. The van der Waals surface area contributed by atoms with Gasteiger partial charge in [-0.15, -0.1) is 0 Å². The van der Waals surface area contributed by atoms with Crippen molar-refractivity contribution >= 4 is 15.9 Å². The van der Waals surface area contributed by atoms with Crippen molar-refractivity contribution in [3.05, 3.63) is 12.0 Å². The van der Waals surface area contributed by atoms with Gasteiger partial charge in [0.15, 0.2) is 5.03 Å². The zero-order valence-corrected chi connectivity index (χ0v) is 13.2. The van der Waals surface area contributed by atoms with E-state index >= 15 is 0 Å². The summed E-state index contributed by atoms with van der Waals surface area (Å²) in [4.78, 5) is 4.12. The molecule has 7 nitrogen and oxygen atoms in total. The summed E-state index contributed by atoms with van der Waals surface area (Å²) in [5.41, 5.74) is 5.38. The van der Waals surface area contributed by atoms with Gasteiger partial charge in [0.05, 0.1) is 5.84 Å². The van der Waals surface area contributed by atoms with Crippen molar-refractivity contribution in [3.63, 3.8) is 0 Å². The molecule has 0 radical (unpaired) electrons. The molecule has 0 bridgehead atoms. The van der Waals surface area contributed by atoms with Crippen LogP contribution in [0.25, 0.3) is 0 Å². The van der Waals surface area contributed by atoms with Crippen LogP contribution in [-0.4, -0.2) is 41.7 Å². The van der Waals surface area contributed by atoms with E-state index in [1.807, 2.05) is 11.5 Å². The average Bonchev–Trinajstić information content (AvgIpc) is 2.72. The predicted molar refractivity (Wildman–Crippen MR) is 78.1 cm³/mol. The highest BCUT2D eigenvalue weighted by Gasteiger charge is 2.26. The summed E-state index contributed by atoms with van der Waals surface area (Å²) >= 11 is 0. The SMILES string of the molecule is CCCn1cc(S(=O)(=O)N(C)CC(C)C(=N)N)nc1C. The summed E-state index contributed by atoms with van der Waals surface area (Å²) in [6.45, 7) is 6.43. The van der Waals surface area contributed by atoms with Crippen molar-refractivity contribution in [1.82, 2.24) is 13.9 Å². The largest absolute Gasteiger partial charge is 0.387 e. The van der Waals surface area contributed by atoms with Crippen molar-refractivity contribution in [1.29, 1.82) is 5.41 Å². The number of imidazole rings is 1. The molecule has 3 N–H and O–H groups in total. The Bertz CT molecular complexity index is 579. The highest BCUT2D eigenvalue weighted by atomic mass is 32.2. The molecular formula is C12H23N5O2S. The van der Waals surface area contributed by atoms with Gasteiger partial charge in [-0.1, -0.05) is 13.8 Å². The molecule has 0 saturated heterocycles. The number of amidine groups is 1. The zero-order chi connectivity index (χ0) is 15.5. The molecule has 1 atom stereocenters. The Balaban J connectivity index is 2.98. The topological polar surface area (TPSA) is 105 Å². The van der Waals surface area contributed by atoms with Gasteiger partial charge in [0, 0.05) is 32.3 Å². The van der Waals surface area contributed by atoms with Crippen molar-refractivity contribution in [2.24, 2.45) is 11.7 Å². The lowest BCUT2D eigenvalue weighted by Crippen LogP contribution is -2.36. The third kappa shape index (κ3) is 3.57. The van der Waals surface area contributed by atoms with E-state index in [-0.39, 0.29) is 23.3 Å². The molecule has 1 heterocycles. The number of hydrogen-bond acceptors (Lipinski definition) is 4. The molecule has 0 fully saturated rings. The van der Waals surface area contributed by atoms with Crippen LogP contribution in [0.15, 0.2) is 11.2 Å². The van der Waals surface area contributed by atoms with Gasteiger partial charge in [-0.05, 0) is 13.3 Å². The Morgan fingerprint density at radius 1 is 1.60 bits per heavy atom. The van der Waals surface area contributed by atoms with Crippen molar-refractivity contribution in [2.45, 2.75) is 38.8 Å². The van der Waals surface area contributed by atoms with Crippen molar-refractivity contribution in [2.75, 3.05) is 13.6 Å². The molecule has 0 saturated carbocycles. The lowest BCUT2D eigenvalue weighted by atomic mass is 10.2. The third-order valence-corrected chi connectivity index (χ3v) is 4.85. The summed E-state index contributed by atoms with van der Waals surface area (Å²) in [5.74, 6) is 0.326. The number of sulfonamides is 1. The summed E-state index contributed by atoms with van der Waals surface area (Å²) in [6.07, 6.45) is 2.47. The maximum Gasteiger partial charge on any atom is 0.261 e. The molecule has 1 rings (SSSR count). The minimum atomic E-state index is -3.64. The van der Waals surface area contributed by atoms with E-state index in [1.54, 1.807) is 20.0 Å². The first-order valence-electron chi connectivity index (χ1n) is 6.54. The van der Waals surface area contributed by atoms with Crippen LogP contribution in [0.3, 0.4) is 0 Å². The van der Waals surface area contributed by atoms with E-state index < -0.39 is 10.0 Å². The molecular weight excluding hydrogens is 278 g/mol. The smallest absolute Gasteiger partial charge is 0.261 e. The molecule has 1 aromatic heterocycles. The number of nitrogens with zero attached hydrogens (tertiary/aromatic N) is 3. The second-order valence-electron chi connectivity index (χ2n) is 4.96. The Kier molecular flexibility index (Phi) is 5.29. The second-order valence-corrected chi connectivity index (χ2v) is 6.95. The maximum atomic E-state index is 12.4. The number of hydrogen-bond donors (Lipinski definition) is 2. The Morgan fingerprint density at radius 2 is 2.20 bits per heavy atom. The van der Waals surface area contributed by atoms with E-state index in [0.717, 1.165) is 13.0 Å². The standard InChI is InChI=1S/C12H23N5O2S/c1-5-6-17-8-11(15-10(17)3)20(18,19)16(4)7-9(2)12(13)14/h8-9H,5-7H2,1-4H3,(H3,13,14). The first kappa shape index (κ1) is 16.6. The van der Waals surface area contributed by atoms with Crippen LogP contribution in [0, 0.1) is 18.3 Å². The van der Waals surface area contributed by atoms with Crippen LogP contribution in [0.1, 0.15) is 26.1 Å². The van der Waals surface area contributed by atoms with Crippen LogP contribution < -0.4 is 5.73 Å². The highest BCUT2D eigenvalue weighted by molar-refractivity contribution is 7.89. The summed E-state index contributed by atoms with van der Waals surface area (Å²) < 4.78 is 27.8. The normalized spacial score (nSPS) is 13.7. The molecule has 1 aromatic rings. The van der Waals surface area contributed by atoms with E-state index in [9.17, 15) is 8.42 Å². The molecule has 0 aliphatic heterocycles. The lowest BCUT2D eigenvalue weighted by molar-refractivity contribution is 0.441. The molecule has 0 aromatic carbocycles. The van der Waals surface area contributed by atoms with Crippen molar-refractivity contribution < 1.29 is 8.42 Å². The lowest BCUT2D eigenvalue weighted by Gasteiger charge is -2.19. The fraction of sp³-hybridized carbons (Fsp3) is 0.667. The predicted octanol–water partition coefficient (Wildman–Crippen LogP) is 0.794. The van der Waals surface area contributed by atoms with Crippen LogP contribution in [0.5, 0.6) is 0 Å². The first-order valence-corrected chi connectivity index (χ1v) is 7.98. The van der Waals surface area contributed by atoms with Gasteiger partial charge in [-0.3, -0.25) is 5.41 Å². The van der Waals surface area contributed by atoms with Crippen molar-refractivity contribution in [3.8, 4) is 0 Å². The van der Waals surface area contributed by atoms with Crippen LogP contribution >= 0.6 is 0 Å². The maximum absolute atomic E-state index is 12.4. The molecule has 1 unspecified atom stereocenters. The fourth-order valence-electron chi connectivity index (χ4n) is 1.81. The molecule has 0 aliphatic rings. The van der Waals surface area contributed by atoms with E-state index in [2.05, 4.69) is 4.98 Å². The summed E-state index contributed by atoms with van der Waals surface area (Å²) in [6, 6.07) is 0. The molecule has 20 heavy (non-hydrogen) atoms. The number of nitrogens with one attached hydrogen (secondary N) is 1. The Hall–Kier alpha value is -1.41. The Morgan fingerprint density at radius 3 is 2.70 bits per heavy atom. The quantitative estimate of drug-likeness (QED) is 0.574. The highest BCUT2D eigenvalue weighted by Crippen LogP contribution is 2.15. The summed E-state index contributed by atoms with van der Waals surface area (Å²) in [5, 5.41) is 7.38. The zero-order valence-electron chi connectivity index (χ0n) is 12.4. The van der Waals surface area contributed by atoms with Gasteiger partial charge in [0.2, 0.25) is 0 Å². The van der Waals surface area contributed by atoms with E-state index in [4.69, 9.17) is 11.1 Å². The Labute approximate surface area is 120 Å². The van der Waals surface area contributed by atoms with E-state index in [1.165, 1.54) is 11.4 Å². The number of rotatable bonds is 7.